The highest BCUT2D eigenvalue weighted by molar-refractivity contribution is 7.95. The average Bonchev–Trinajstić information content (AvgIpc) is 2.78. The number of nitrogens with one attached hydrogen (secondary N) is 2. The number of hydrogen-bond acceptors (Lipinski definition) is 5. The molecule has 158 valence electrons. The third kappa shape index (κ3) is 6.28. The van der Waals surface area contributed by atoms with E-state index in [1.807, 2.05) is 18.2 Å². The normalized spacial score (nSPS) is 11.1. The van der Waals surface area contributed by atoms with Gasteiger partial charge in [-0.2, -0.15) is 0 Å². The van der Waals surface area contributed by atoms with Gasteiger partial charge in [0.1, 0.15) is 0 Å². The van der Waals surface area contributed by atoms with Gasteiger partial charge >= 0.3 is 5.97 Å². The Kier molecular flexibility index (Phi) is 6.84. The summed E-state index contributed by atoms with van der Waals surface area (Å²) < 4.78 is 31.5. The number of hydrogen-bond donors (Lipinski definition) is 2. The SMILES string of the molecule is COC(=O)c1ccc(NC(=O)c2ccc(NS(=O)(=O)/C=C/c3ccccc3)cc2)cc1. The van der Waals surface area contributed by atoms with E-state index in [4.69, 9.17) is 0 Å². The maximum Gasteiger partial charge on any atom is 0.337 e. The fourth-order valence-corrected chi connectivity index (χ4v) is 3.50. The van der Waals surface area contributed by atoms with E-state index in [1.54, 1.807) is 36.4 Å². The van der Waals surface area contributed by atoms with Crippen LogP contribution < -0.4 is 10.0 Å². The first-order valence-electron chi connectivity index (χ1n) is 9.22. The van der Waals surface area contributed by atoms with E-state index in [2.05, 4.69) is 14.8 Å². The number of benzene rings is 3. The topological polar surface area (TPSA) is 102 Å². The van der Waals surface area contributed by atoms with E-state index >= 15 is 0 Å². The van der Waals surface area contributed by atoms with Gasteiger partial charge < -0.3 is 10.1 Å². The summed E-state index contributed by atoms with van der Waals surface area (Å²) in [7, 11) is -2.40. The van der Waals surface area contributed by atoms with Crippen LogP contribution in [0.15, 0.2) is 84.3 Å². The Bertz CT molecular complexity index is 1190. The van der Waals surface area contributed by atoms with Crippen molar-refractivity contribution in [2.24, 2.45) is 0 Å². The van der Waals surface area contributed by atoms with Crippen LogP contribution in [0.4, 0.5) is 11.4 Å². The predicted molar refractivity (Wildman–Crippen MR) is 120 cm³/mol. The van der Waals surface area contributed by atoms with E-state index in [0.29, 0.717) is 22.5 Å². The quantitative estimate of drug-likeness (QED) is 0.542. The molecule has 0 radical (unpaired) electrons. The zero-order chi connectivity index (χ0) is 22.3. The molecule has 3 aromatic rings. The first-order valence-corrected chi connectivity index (χ1v) is 10.8. The van der Waals surface area contributed by atoms with Crippen molar-refractivity contribution in [2.75, 3.05) is 17.1 Å². The number of anilines is 2. The minimum atomic E-state index is -3.70. The Morgan fingerprint density at radius 3 is 2.00 bits per heavy atom. The fraction of sp³-hybridized carbons (Fsp3) is 0.0435. The first-order chi connectivity index (χ1) is 14.9. The van der Waals surface area contributed by atoms with Crippen LogP contribution in [-0.2, 0) is 14.8 Å². The van der Waals surface area contributed by atoms with Crippen LogP contribution in [0.25, 0.3) is 6.08 Å². The van der Waals surface area contributed by atoms with Gasteiger partial charge in [-0.25, -0.2) is 13.2 Å². The van der Waals surface area contributed by atoms with Gasteiger partial charge in [0.25, 0.3) is 15.9 Å². The smallest absolute Gasteiger partial charge is 0.337 e. The largest absolute Gasteiger partial charge is 0.465 e. The van der Waals surface area contributed by atoms with E-state index in [1.165, 1.54) is 37.5 Å². The molecule has 8 heteroatoms. The third-order valence-electron chi connectivity index (χ3n) is 4.21. The predicted octanol–water partition coefficient (Wildman–Crippen LogP) is 4.14. The fourth-order valence-electron chi connectivity index (χ4n) is 2.63. The third-order valence-corrected chi connectivity index (χ3v) is 5.22. The molecular weight excluding hydrogens is 416 g/mol. The van der Waals surface area contributed by atoms with Crippen LogP contribution in [0.5, 0.6) is 0 Å². The van der Waals surface area contributed by atoms with Crippen LogP contribution in [0.1, 0.15) is 26.3 Å². The van der Waals surface area contributed by atoms with Crippen LogP contribution >= 0.6 is 0 Å². The standard InChI is InChI=1S/C23H20N2O5S/c1-30-23(27)19-9-11-20(12-10-19)24-22(26)18-7-13-21(14-8-18)25-31(28,29)16-15-17-5-3-2-4-6-17/h2-16,25H,1H3,(H,24,26)/b16-15+. The highest BCUT2D eigenvalue weighted by Crippen LogP contribution is 2.16. The molecule has 0 aliphatic carbocycles. The van der Waals surface area contributed by atoms with E-state index < -0.39 is 16.0 Å². The van der Waals surface area contributed by atoms with Crippen molar-refractivity contribution in [3.8, 4) is 0 Å². The number of sulfonamides is 1. The molecule has 0 atom stereocenters. The maximum absolute atomic E-state index is 12.4. The van der Waals surface area contributed by atoms with Crippen LogP contribution in [0.2, 0.25) is 0 Å². The summed E-state index contributed by atoms with van der Waals surface area (Å²) in [5.74, 6) is -0.835. The first kappa shape index (κ1) is 21.8. The molecule has 3 aromatic carbocycles. The van der Waals surface area contributed by atoms with Gasteiger partial charge in [0.15, 0.2) is 0 Å². The second-order valence-electron chi connectivity index (χ2n) is 6.46. The van der Waals surface area contributed by atoms with E-state index in [9.17, 15) is 18.0 Å². The molecule has 2 N–H and O–H groups in total. The van der Waals surface area contributed by atoms with Crippen molar-refractivity contribution >= 4 is 39.4 Å². The summed E-state index contributed by atoms with van der Waals surface area (Å²) in [5, 5.41) is 3.79. The summed E-state index contributed by atoms with van der Waals surface area (Å²) in [4.78, 5) is 23.8. The number of esters is 1. The Labute approximate surface area is 180 Å². The van der Waals surface area contributed by atoms with Crippen molar-refractivity contribution < 1.29 is 22.7 Å². The van der Waals surface area contributed by atoms with Crippen molar-refractivity contribution in [3.63, 3.8) is 0 Å². The Morgan fingerprint density at radius 2 is 1.39 bits per heavy atom. The molecule has 0 saturated carbocycles. The molecule has 0 aromatic heterocycles. The van der Waals surface area contributed by atoms with Gasteiger partial charge in [-0.05, 0) is 60.2 Å². The Morgan fingerprint density at radius 1 is 0.806 bits per heavy atom. The highest BCUT2D eigenvalue weighted by atomic mass is 32.2. The van der Waals surface area contributed by atoms with Crippen LogP contribution in [0, 0.1) is 0 Å². The van der Waals surface area contributed by atoms with E-state index in [0.717, 1.165) is 11.0 Å². The number of amides is 1. The molecular formula is C23H20N2O5S. The Balaban J connectivity index is 1.62. The summed E-state index contributed by atoms with van der Waals surface area (Å²) >= 11 is 0. The number of carbonyl (C=O) groups is 2. The molecule has 0 fully saturated rings. The summed E-state index contributed by atoms with van der Waals surface area (Å²) in [6.45, 7) is 0. The minimum Gasteiger partial charge on any atom is -0.465 e. The molecule has 7 nitrogen and oxygen atoms in total. The minimum absolute atomic E-state index is 0.330. The summed E-state index contributed by atoms with van der Waals surface area (Å²) in [5.41, 5.74) is 2.32. The highest BCUT2D eigenvalue weighted by Gasteiger charge is 2.10. The molecule has 0 spiro atoms. The molecule has 0 bridgehead atoms. The summed E-state index contributed by atoms with van der Waals surface area (Å²) in [6, 6.07) is 21.4. The van der Waals surface area contributed by atoms with Gasteiger partial charge in [0, 0.05) is 16.9 Å². The van der Waals surface area contributed by atoms with Crippen molar-refractivity contribution in [1.29, 1.82) is 0 Å². The van der Waals surface area contributed by atoms with E-state index in [-0.39, 0.29) is 5.91 Å². The van der Waals surface area contributed by atoms with Crippen molar-refractivity contribution in [2.45, 2.75) is 0 Å². The van der Waals surface area contributed by atoms with Crippen LogP contribution in [0.3, 0.4) is 0 Å². The number of ether oxygens (including phenoxy) is 1. The van der Waals surface area contributed by atoms with Gasteiger partial charge in [0.05, 0.1) is 18.1 Å². The molecule has 0 aliphatic heterocycles. The second-order valence-corrected chi connectivity index (χ2v) is 8.03. The zero-order valence-electron chi connectivity index (χ0n) is 16.6. The molecule has 0 aliphatic rings. The molecule has 0 saturated heterocycles. The number of carbonyl (C=O) groups excluding carboxylic acids is 2. The number of rotatable bonds is 7. The molecule has 31 heavy (non-hydrogen) atoms. The van der Waals surface area contributed by atoms with Gasteiger partial charge in [-0.3, -0.25) is 9.52 Å². The van der Waals surface area contributed by atoms with Crippen LogP contribution in [-0.4, -0.2) is 27.4 Å². The lowest BCUT2D eigenvalue weighted by atomic mass is 10.1. The monoisotopic (exact) mass is 436 g/mol. The van der Waals surface area contributed by atoms with Crippen molar-refractivity contribution in [1.82, 2.24) is 0 Å². The lowest BCUT2D eigenvalue weighted by Crippen LogP contribution is -2.13. The second kappa shape index (κ2) is 9.73. The zero-order valence-corrected chi connectivity index (χ0v) is 17.4. The average molecular weight is 436 g/mol. The maximum atomic E-state index is 12.4. The van der Waals surface area contributed by atoms with Gasteiger partial charge in [-0.1, -0.05) is 30.3 Å². The lowest BCUT2D eigenvalue weighted by molar-refractivity contribution is 0.0600. The molecule has 1 amide bonds. The molecule has 0 heterocycles. The van der Waals surface area contributed by atoms with Crippen molar-refractivity contribution in [3.05, 3.63) is 101 Å². The summed E-state index contributed by atoms with van der Waals surface area (Å²) in [6.07, 6.45) is 1.50. The number of methoxy groups -OCH3 is 1. The Hall–Kier alpha value is -3.91. The molecule has 3 rings (SSSR count). The van der Waals surface area contributed by atoms with Gasteiger partial charge in [-0.15, -0.1) is 0 Å². The van der Waals surface area contributed by atoms with Gasteiger partial charge in [0.2, 0.25) is 0 Å². The molecule has 0 unspecified atom stereocenters. The lowest BCUT2D eigenvalue weighted by Gasteiger charge is -2.08.